The van der Waals surface area contributed by atoms with Crippen LogP contribution in [-0.2, 0) is 0 Å². The van der Waals surface area contributed by atoms with E-state index in [1.807, 2.05) is 11.4 Å². The molecule has 0 atom stereocenters. The maximum Gasteiger partial charge on any atom is 0.0519 e. The fourth-order valence-electron chi connectivity index (χ4n) is 2.40. The molecule has 88 valence electrons. The summed E-state index contributed by atoms with van der Waals surface area (Å²) in [4.78, 5) is 1.23. The quantitative estimate of drug-likeness (QED) is 0.855. The van der Waals surface area contributed by atoms with E-state index in [4.69, 9.17) is 17.3 Å². The van der Waals surface area contributed by atoms with Gasteiger partial charge in [0.15, 0.2) is 0 Å². The normalized spacial score (nSPS) is 19.0. The van der Waals surface area contributed by atoms with Gasteiger partial charge in [0.2, 0.25) is 0 Å². The van der Waals surface area contributed by atoms with Crippen LogP contribution in [0.3, 0.4) is 0 Å². The average molecular weight is 256 g/mol. The van der Waals surface area contributed by atoms with Gasteiger partial charge in [0.25, 0.3) is 0 Å². The van der Waals surface area contributed by atoms with Crippen molar-refractivity contribution in [3.8, 4) is 0 Å². The first kappa shape index (κ1) is 12.2. The molecule has 1 aromatic rings. The molecule has 16 heavy (non-hydrogen) atoms. The largest absolute Gasteiger partial charge is 0.327 e. The van der Waals surface area contributed by atoms with E-state index >= 15 is 0 Å². The Kier molecular flexibility index (Phi) is 4.45. The first-order valence-corrected chi connectivity index (χ1v) is 7.20. The molecule has 1 nitrogen and oxygen atoms in total. The third-order valence-electron chi connectivity index (χ3n) is 3.28. The molecule has 2 N–H and O–H groups in total. The lowest BCUT2D eigenvalue weighted by Gasteiger charge is -2.23. The molecule has 3 heteroatoms. The maximum atomic E-state index is 5.92. The summed E-state index contributed by atoms with van der Waals surface area (Å²) in [6.45, 7) is 0.681. The molecule has 0 saturated heterocycles. The van der Waals surface area contributed by atoms with Gasteiger partial charge in [-0.25, -0.2) is 0 Å². The second kappa shape index (κ2) is 5.85. The molecule has 0 amide bonds. The molecular weight excluding hydrogens is 238 g/mol. The number of hydrogen-bond donors (Lipinski definition) is 1. The Morgan fingerprint density at radius 3 is 2.75 bits per heavy atom. The zero-order valence-electron chi connectivity index (χ0n) is 9.42. The molecule has 1 saturated carbocycles. The van der Waals surface area contributed by atoms with E-state index in [1.54, 1.807) is 11.3 Å². The highest BCUT2D eigenvalue weighted by Gasteiger charge is 2.16. The second-order valence-electron chi connectivity index (χ2n) is 4.43. The number of hydrogen-bond acceptors (Lipinski definition) is 2. The van der Waals surface area contributed by atoms with Crippen LogP contribution >= 0.6 is 22.9 Å². The fourth-order valence-corrected chi connectivity index (χ4v) is 3.45. The van der Waals surface area contributed by atoms with Gasteiger partial charge in [0, 0.05) is 16.8 Å². The van der Waals surface area contributed by atoms with Crippen molar-refractivity contribution >= 4 is 29.0 Å². The average Bonchev–Trinajstić information content (AvgIpc) is 2.73. The van der Waals surface area contributed by atoms with Gasteiger partial charge < -0.3 is 5.73 Å². The van der Waals surface area contributed by atoms with Gasteiger partial charge in [0.1, 0.15) is 0 Å². The maximum absolute atomic E-state index is 5.92. The smallest absolute Gasteiger partial charge is 0.0519 e. The summed E-state index contributed by atoms with van der Waals surface area (Å²) in [6, 6.07) is 2.02. The molecule has 0 bridgehead atoms. The molecule has 0 spiro atoms. The van der Waals surface area contributed by atoms with Crippen molar-refractivity contribution in [1.29, 1.82) is 0 Å². The van der Waals surface area contributed by atoms with Crippen molar-refractivity contribution in [2.75, 3.05) is 6.54 Å². The minimum Gasteiger partial charge on any atom is -0.327 e. The number of halogens is 1. The SMILES string of the molecule is NCC(=Cc1cc(Cl)cs1)C1CCCCC1. The van der Waals surface area contributed by atoms with Crippen molar-refractivity contribution in [3.63, 3.8) is 0 Å². The second-order valence-corrected chi connectivity index (χ2v) is 5.80. The van der Waals surface area contributed by atoms with Crippen LogP contribution in [-0.4, -0.2) is 6.54 Å². The van der Waals surface area contributed by atoms with Gasteiger partial charge in [0.05, 0.1) is 5.02 Å². The molecule has 0 unspecified atom stereocenters. The Morgan fingerprint density at radius 2 is 2.19 bits per heavy atom. The predicted molar refractivity (Wildman–Crippen MR) is 72.9 cm³/mol. The highest BCUT2D eigenvalue weighted by atomic mass is 35.5. The van der Waals surface area contributed by atoms with Crippen LogP contribution in [0.15, 0.2) is 17.0 Å². The molecule has 1 fully saturated rings. The van der Waals surface area contributed by atoms with E-state index < -0.39 is 0 Å². The first-order valence-electron chi connectivity index (χ1n) is 5.94. The van der Waals surface area contributed by atoms with Crippen molar-refractivity contribution < 1.29 is 0 Å². The molecule has 1 aliphatic carbocycles. The molecule has 1 aliphatic rings. The van der Waals surface area contributed by atoms with E-state index in [0.717, 1.165) is 5.02 Å². The van der Waals surface area contributed by atoms with Crippen LogP contribution < -0.4 is 5.73 Å². The fraction of sp³-hybridized carbons (Fsp3) is 0.538. The first-order chi connectivity index (χ1) is 7.79. The van der Waals surface area contributed by atoms with Crippen LogP contribution in [0.2, 0.25) is 5.02 Å². The molecular formula is C13H18ClNS. The van der Waals surface area contributed by atoms with Crippen molar-refractivity contribution in [2.24, 2.45) is 11.7 Å². The van der Waals surface area contributed by atoms with Crippen molar-refractivity contribution in [2.45, 2.75) is 32.1 Å². The Hall–Kier alpha value is -0.310. The van der Waals surface area contributed by atoms with E-state index in [-0.39, 0.29) is 0 Å². The summed E-state index contributed by atoms with van der Waals surface area (Å²) < 4.78 is 0. The monoisotopic (exact) mass is 255 g/mol. The third-order valence-corrected chi connectivity index (χ3v) is 4.51. The highest BCUT2D eigenvalue weighted by Crippen LogP contribution is 2.31. The van der Waals surface area contributed by atoms with Crippen LogP contribution in [0.25, 0.3) is 6.08 Å². The van der Waals surface area contributed by atoms with E-state index in [0.29, 0.717) is 12.5 Å². The Labute approximate surface area is 106 Å². The highest BCUT2D eigenvalue weighted by molar-refractivity contribution is 7.11. The number of nitrogens with two attached hydrogens (primary N) is 1. The zero-order chi connectivity index (χ0) is 11.4. The summed E-state index contributed by atoms with van der Waals surface area (Å²) in [5, 5.41) is 2.80. The summed E-state index contributed by atoms with van der Waals surface area (Å²) in [7, 11) is 0. The van der Waals surface area contributed by atoms with Gasteiger partial charge in [-0.1, -0.05) is 36.4 Å². The standard InChI is InChI=1S/C13H18ClNS/c14-12-7-13(16-9-12)6-11(8-15)10-4-2-1-3-5-10/h6-7,9-10H,1-5,8,15H2. The molecule has 2 rings (SSSR count). The lowest BCUT2D eigenvalue weighted by Crippen LogP contribution is -2.15. The lowest BCUT2D eigenvalue weighted by molar-refractivity contribution is 0.401. The molecule has 0 aromatic carbocycles. The summed E-state index contributed by atoms with van der Waals surface area (Å²) in [6.07, 6.45) is 8.95. The molecule has 1 aromatic heterocycles. The summed E-state index contributed by atoms with van der Waals surface area (Å²) in [5.74, 6) is 0.708. The summed E-state index contributed by atoms with van der Waals surface area (Å²) >= 11 is 7.62. The van der Waals surface area contributed by atoms with Crippen LogP contribution in [0.5, 0.6) is 0 Å². The van der Waals surface area contributed by atoms with Crippen LogP contribution in [0.1, 0.15) is 37.0 Å². The van der Waals surface area contributed by atoms with Gasteiger partial charge in [-0.3, -0.25) is 0 Å². The third kappa shape index (κ3) is 3.09. The Morgan fingerprint density at radius 1 is 1.44 bits per heavy atom. The Bertz CT molecular complexity index is 364. The van der Waals surface area contributed by atoms with Crippen molar-refractivity contribution in [1.82, 2.24) is 0 Å². The predicted octanol–water partition coefficient (Wildman–Crippen LogP) is 4.32. The van der Waals surface area contributed by atoms with Gasteiger partial charge in [-0.15, -0.1) is 11.3 Å². The van der Waals surface area contributed by atoms with Gasteiger partial charge >= 0.3 is 0 Å². The lowest BCUT2D eigenvalue weighted by atomic mass is 9.83. The Balaban J connectivity index is 2.11. The van der Waals surface area contributed by atoms with Crippen molar-refractivity contribution in [3.05, 3.63) is 26.9 Å². The minimum absolute atomic E-state index is 0.681. The minimum atomic E-state index is 0.681. The van der Waals surface area contributed by atoms with Gasteiger partial charge in [-0.2, -0.15) is 0 Å². The van der Waals surface area contributed by atoms with E-state index in [9.17, 15) is 0 Å². The van der Waals surface area contributed by atoms with Gasteiger partial charge in [-0.05, 0) is 30.9 Å². The van der Waals surface area contributed by atoms with Crippen LogP contribution in [0.4, 0.5) is 0 Å². The van der Waals surface area contributed by atoms with E-state index in [2.05, 4.69) is 6.08 Å². The topological polar surface area (TPSA) is 26.0 Å². The zero-order valence-corrected chi connectivity index (χ0v) is 11.0. The molecule has 0 aliphatic heterocycles. The van der Waals surface area contributed by atoms with E-state index in [1.165, 1.54) is 42.6 Å². The summed E-state index contributed by atoms with van der Waals surface area (Å²) in [5.41, 5.74) is 7.26. The van der Waals surface area contributed by atoms with Crippen LogP contribution in [0, 0.1) is 5.92 Å². The molecule has 0 radical (unpaired) electrons. The number of thiophene rings is 1. The molecule has 1 heterocycles. The number of rotatable bonds is 3.